The van der Waals surface area contributed by atoms with Gasteiger partial charge in [0, 0.05) is 0 Å². The molecule has 0 saturated carbocycles. The molecule has 22 heavy (non-hydrogen) atoms. The zero-order valence-electron chi connectivity index (χ0n) is 11.8. The summed E-state index contributed by atoms with van der Waals surface area (Å²) in [6, 6.07) is 11.4. The Morgan fingerprint density at radius 1 is 1.36 bits per heavy atom. The van der Waals surface area contributed by atoms with Crippen LogP contribution in [-0.2, 0) is 0 Å². The zero-order valence-corrected chi connectivity index (χ0v) is 12.6. The van der Waals surface area contributed by atoms with Gasteiger partial charge in [0.1, 0.15) is 11.6 Å². The quantitative estimate of drug-likeness (QED) is 0.576. The van der Waals surface area contributed by atoms with E-state index in [-0.39, 0.29) is 11.4 Å². The van der Waals surface area contributed by atoms with Gasteiger partial charge >= 0.3 is 0 Å². The highest BCUT2D eigenvalue weighted by atomic mass is 32.2. The molecule has 0 spiro atoms. The van der Waals surface area contributed by atoms with Crippen LogP contribution in [0.15, 0.2) is 51.7 Å². The van der Waals surface area contributed by atoms with E-state index in [1.165, 1.54) is 11.8 Å². The van der Waals surface area contributed by atoms with Crippen molar-refractivity contribution >= 4 is 17.6 Å². The molecule has 0 amide bonds. The molecule has 0 fully saturated rings. The third-order valence-corrected chi connectivity index (χ3v) is 4.08. The van der Waals surface area contributed by atoms with Crippen LogP contribution >= 0.6 is 11.8 Å². The summed E-state index contributed by atoms with van der Waals surface area (Å²) < 4.78 is 0. The Labute approximate surface area is 131 Å². The Morgan fingerprint density at radius 2 is 2.09 bits per heavy atom. The van der Waals surface area contributed by atoms with Crippen LogP contribution in [0, 0.1) is 11.3 Å². The Hall–Kier alpha value is -2.72. The predicted octanol–water partition coefficient (Wildman–Crippen LogP) is 1.74. The van der Waals surface area contributed by atoms with Crippen LogP contribution in [0.25, 0.3) is 0 Å². The number of hydrogen-bond donors (Lipinski definition) is 3. The molecule has 6 nitrogen and oxygen atoms in total. The van der Waals surface area contributed by atoms with E-state index in [0.29, 0.717) is 22.1 Å². The number of nitrogens with zero attached hydrogens (tertiary/aromatic N) is 2. The number of aromatic amines is 1. The van der Waals surface area contributed by atoms with Gasteiger partial charge < -0.3 is 16.0 Å². The third-order valence-electron chi connectivity index (χ3n) is 3.50. The Kier molecular flexibility index (Phi) is 3.61. The van der Waals surface area contributed by atoms with Crippen molar-refractivity contribution in [1.82, 2.24) is 9.97 Å². The molecule has 3 rings (SSSR count). The Morgan fingerprint density at radius 3 is 2.73 bits per heavy atom. The fourth-order valence-electron chi connectivity index (χ4n) is 2.52. The van der Waals surface area contributed by atoms with Gasteiger partial charge in [0.25, 0.3) is 5.56 Å². The summed E-state index contributed by atoms with van der Waals surface area (Å²) in [5.74, 6) is 0.113. The van der Waals surface area contributed by atoms with Crippen LogP contribution in [0.4, 0.5) is 5.82 Å². The van der Waals surface area contributed by atoms with Crippen molar-refractivity contribution in [1.29, 1.82) is 5.26 Å². The van der Waals surface area contributed by atoms with Gasteiger partial charge in [-0.25, -0.2) is 4.98 Å². The van der Waals surface area contributed by atoms with Gasteiger partial charge in [-0.3, -0.25) is 4.79 Å². The molecule has 1 unspecified atom stereocenters. The third kappa shape index (κ3) is 2.23. The largest absolute Gasteiger partial charge is 0.384 e. The maximum Gasteiger partial charge on any atom is 0.257 e. The molecular weight excluding hydrogens is 298 g/mol. The topological polar surface area (TPSA) is 108 Å². The molecular formula is C15H13N5OS. The fourth-order valence-corrected chi connectivity index (χ4v) is 2.90. The summed E-state index contributed by atoms with van der Waals surface area (Å²) >= 11 is 1.33. The number of aromatic nitrogens is 2. The summed E-state index contributed by atoms with van der Waals surface area (Å²) in [4.78, 5) is 19.6. The van der Waals surface area contributed by atoms with Crippen molar-refractivity contribution in [2.45, 2.75) is 11.1 Å². The lowest BCUT2D eigenvalue weighted by atomic mass is 9.84. The van der Waals surface area contributed by atoms with E-state index in [2.05, 4.69) is 21.4 Å². The average molecular weight is 311 g/mol. The van der Waals surface area contributed by atoms with Gasteiger partial charge in [0.2, 0.25) is 0 Å². The molecule has 0 aliphatic carbocycles. The number of thioether (sulfide) groups is 1. The fraction of sp³-hybridized carbons (Fsp3) is 0.133. The lowest BCUT2D eigenvalue weighted by molar-refractivity contribution is 0.835. The van der Waals surface area contributed by atoms with Gasteiger partial charge in [-0.05, 0) is 11.8 Å². The van der Waals surface area contributed by atoms with Crippen LogP contribution in [0.1, 0.15) is 17.0 Å². The van der Waals surface area contributed by atoms with Crippen molar-refractivity contribution in [2.75, 3.05) is 11.6 Å². The van der Waals surface area contributed by atoms with E-state index >= 15 is 0 Å². The number of nitrogens with two attached hydrogens (primary N) is 1. The number of nitriles is 1. The van der Waals surface area contributed by atoms with Crippen molar-refractivity contribution < 1.29 is 0 Å². The molecule has 1 atom stereocenters. The van der Waals surface area contributed by atoms with Crippen LogP contribution < -0.4 is 16.6 Å². The van der Waals surface area contributed by atoms with Crippen LogP contribution in [0.3, 0.4) is 0 Å². The molecule has 1 aliphatic heterocycles. The molecule has 1 aromatic carbocycles. The van der Waals surface area contributed by atoms with E-state index < -0.39 is 5.92 Å². The molecule has 0 saturated heterocycles. The van der Waals surface area contributed by atoms with Gasteiger partial charge in [0.15, 0.2) is 5.16 Å². The van der Waals surface area contributed by atoms with Gasteiger partial charge in [-0.1, -0.05) is 42.1 Å². The second-order valence-electron chi connectivity index (χ2n) is 4.75. The Bertz CT molecular complexity index is 850. The summed E-state index contributed by atoms with van der Waals surface area (Å²) in [6.45, 7) is 0. The summed E-state index contributed by atoms with van der Waals surface area (Å²) in [6.07, 6.45) is 1.82. The standard InChI is InChI=1S/C15H13N5OS/c1-22-15-19-13-11(14(21)20-15)10(8-5-3-2-4-6-8)9(7-16)12(17)18-13/h2-6,10H,17H2,1H3,(H2,18,19,20,21). The number of rotatable bonds is 2. The zero-order chi connectivity index (χ0) is 15.7. The normalized spacial score (nSPS) is 16.6. The monoisotopic (exact) mass is 311 g/mol. The molecule has 1 aliphatic rings. The van der Waals surface area contributed by atoms with E-state index in [4.69, 9.17) is 5.73 Å². The minimum atomic E-state index is -0.519. The first-order valence-corrected chi connectivity index (χ1v) is 7.78. The highest BCUT2D eigenvalue weighted by Crippen LogP contribution is 2.37. The van der Waals surface area contributed by atoms with Crippen molar-refractivity contribution in [3.8, 4) is 6.07 Å². The average Bonchev–Trinajstić information content (AvgIpc) is 2.54. The molecule has 4 N–H and O–H groups in total. The number of benzene rings is 1. The molecule has 7 heteroatoms. The Balaban J connectivity index is 2.29. The first-order valence-electron chi connectivity index (χ1n) is 6.55. The smallest absolute Gasteiger partial charge is 0.257 e. The minimum Gasteiger partial charge on any atom is -0.384 e. The number of fused-ring (bicyclic) bond motifs is 1. The van der Waals surface area contributed by atoms with Gasteiger partial charge in [-0.2, -0.15) is 5.26 Å². The van der Waals surface area contributed by atoms with Crippen molar-refractivity contribution in [2.24, 2.45) is 5.73 Å². The van der Waals surface area contributed by atoms with Crippen LogP contribution in [0.5, 0.6) is 0 Å². The maximum absolute atomic E-state index is 12.5. The lowest BCUT2D eigenvalue weighted by Gasteiger charge is -2.26. The summed E-state index contributed by atoms with van der Waals surface area (Å²) in [7, 11) is 0. The first-order chi connectivity index (χ1) is 10.7. The second kappa shape index (κ2) is 5.58. The molecule has 2 aromatic rings. The van der Waals surface area contributed by atoms with E-state index in [0.717, 1.165) is 5.56 Å². The molecule has 0 radical (unpaired) electrons. The van der Waals surface area contributed by atoms with Gasteiger partial charge in [0.05, 0.1) is 23.1 Å². The van der Waals surface area contributed by atoms with Crippen molar-refractivity contribution in [3.63, 3.8) is 0 Å². The van der Waals surface area contributed by atoms with Crippen molar-refractivity contribution in [3.05, 3.63) is 63.2 Å². The molecule has 0 bridgehead atoms. The van der Waals surface area contributed by atoms with Crippen LogP contribution in [-0.4, -0.2) is 16.2 Å². The minimum absolute atomic E-state index is 0.231. The lowest BCUT2D eigenvalue weighted by Crippen LogP contribution is -2.30. The van der Waals surface area contributed by atoms with Gasteiger partial charge in [-0.15, -0.1) is 0 Å². The summed E-state index contributed by atoms with van der Waals surface area (Å²) in [5.41, 5.74) is 7.25. The predicted molar refractivity (Wildman–Crippen MR) is 85.4 cm³/mol. The number of allylic oxidation sites excluding steroid dienone is 1. The maximum atomic E-state index is 12.5. The number of nitrogens with one attached hydrogen (secondary N) is 2. The highest BCUT2D eigenvalue weighted by Gasteiger charge is 2.32. The van der Waals surface area contributed by atoms with E-state index in [9.17, 15) is 10.1 Å². The van der Waals surface area contributed by atoms with E-state index in [1.807, 2.05) is 36.6 Å². The second-order valence-corrected chi connectivity index (χ2v) is 5.54. The molecule has 2 heterocycles. The summed E-state index contributed by atoms with van der Waals surface area (Å²) in [5, 5.41) is 12.8. The molecule has 1 aromatic heterocycles. The first kappa shape index (κ1) is 14.2. The van der Waals surface area contributed by atoms with E-state index in [1.54, 1.807) is 0 Å². The van der Waals surface area contributed by atoms with Crippen LogP contribution in [0.2, 0.25) is 0 Å². The highest BCUT2D eigenvalue weighted by molar-refractivity contribution is 7.98. The number of H-pyrrole nitrogens is 1. The molecule has 110 valence electrons. The number of hydrogen-bond acceptors (Lipinski definition) is 6. The number of anilines is 1. The SMILES string of the molecule is CSc1nc2c(c(=O)[nH]1)C(c1ccccc1)C(C#N)=C(N)N2.